The molecular formula is C20H45N3. The highest BCUT2D eigenvalue weighted by molar-refractivity contribution is 4.72. The Morgan fingerprint density at radius 2 is 1.35 bits per heavy atom. The van der Waals surface area contributed by atoms with Gasteiger partial charge in [0, 0.05) is 0 Å². The summed E-state index contributed by atoms with van der Waals surface area (Å²) in [4.78, 5) is 5.39. The zero-order valence-corrected chi connectivity index (χ0v) is 16.9. The van der Waals surface area contributed by atoms with Gasteiger partial charge in [0.25, 0.3) is 0 Å². The first-order chi connectivity index (χ1) is 11.2. The van der Waals surface area contributed by atoms with Crippen LogP contribution >= 0.6 is 0 Å². The van der Waals surface area contributed by atoms with Crippen LogP contribution in [0.25, 0.3) is 0 Å². The second-order valence-electron chi connectivity index (χ2n) is 6.59. The number of nitrogens with one attached hydrogen (secondary N) is 1. The van der Waals surface area contributed by atoms with Crippen molar-refractivity contribution in [3.8, 4) is 0 Å². The van der Waals surface area contributed by atoms with E-state index in [4.69, 9.17) is 0 Å². The number of nitrogens with zero attached hydrogens (tertiary/aromatic N) is 2. The summed E-state index contributed by atoms with van der Waals surface area (Å²) >= 11 is 0. The maximum Gasteiger partial charge on any atom is 0.0622 e. The molecule has 0 unspecified atom stereocenters. The topological polar surface area (TPSA) is 18.5 Å². The van der Waals surface area contributed by atoms with E-state index in [9.17, 15) is 0 Å². The van der Waals surface area contributed by atoms with Gasteiger partial charge in [-0.05, 0) is 58.5 Å². The first-order valence-electron chi connectivity index (χ1n) is 10.4. The Kier molecular flexibility index (Phi) is 16.6. The summed E-state index contributed by atoms with van der Waals surface area (Å²) in [7, 11) is 0. The highest BCUT2D eigenvalue weighted by atomic mass is 15.3. The Hall–Kier alpha value is -0.120. The monoisotopic (exact) mass is 327 g/mol. The standard InChI is InChI=1S/C20H45N3/c1-6-11-12-16-19-23(10-5)20(22(8-3)9-4)17-14-13-15-18-21-7-2/h20-21H,6-19H2,1-5H3/t20-/m1/s1. The van der Waals surface area contributed by atoms with Crippen LogP contribution in [0, 0.1) is 0 Å². The number of rotatable bonds is 17. The van der Waals surface area contributed by atoms with Crippen LogP contribution in [-0.4, -0.2) is 55.2 Å². The van der Waals surface area contributed by atoms with E-state index in [1.807, 2.05) is 0 Å². The van der Waals surface area contributed by atoms with Gasteiger partial charge in [-0.2, -0.15) is 0 Å². The lowest BCUT2D eigenvalue weighted by atomic mass is 10.1. The molecule has 0 radical (unpaired) electrons. The van der Waals surface area contributed by atoms with E-state index in [1.54, 1.807) is 0 Å². The van der Waals surface area contributed by atoms with Crippen molar-refractivity contribution in [1.29, 1.82) is 0 Å². The van der Waals surface area contributed by atoms with Crippen LogP contribution in [0.2, 0.25) is 0 Å². The number of hydrogen-bond donors (Lipinski definition) is 1. The van der Waals surface area contributed by atoms with Crippen molar-refractivity contribution in [2.45, 2.75) is 92.2 Å². The van der Waals surface area contributed by atoms with Gasteiger partial charge in [-0.15, -0.1) is 0 Å². The normalized spacial score (nSPS) is 13.2. The minimum absolute atomic E-state index is 0.649. The predicted octanol–water partition coefficient (Wildman–Crippen LogP) is 4.73. The summed E-state index contributed by atoms with van der Waals surface area (Å²) < 4.78 is 0. The molecule has 3 heteroatoms. The molecule has 0 aromatic carbocycles. The second kappa shape index (κ2) is 16.7. The number of hydrogen-bond acceptors (Lipinski definition) is 3. The molecule has 140 valence electrons. The highest BCUT2D eigenvalue weighted by Crippen LogP contribution is 2.16. The maximum absolute atomic E-state index is 3.43. The first kappa shape index (κ1) is 22.9. The minimum atomic E-state index is 0.649. The molecule has 0 fully saturated rings. The average molecular weight is 328 g/mol. The molecule has 1 atom stereocenters. The molecule has 0 aliphatic carbocycles. The molecule has 0 amide bonds. The second-order valence-corrected chi connectivity index (χ2v) is 6.59. The molecule has 0 spiro atoms. The SMILES string of the molecule is CCCCCCN(CC)[C@H](CCCCCNCC)N(CC)CC. The van der Waals surface area contributed by atoms with Gasteiger partial charge in [0.2, 0.25) is 0 Å². The molecule has 0 aromatic heterocycles. The molecule has 0 aliphatic rings. The molecule has 0 saturated carbocycles. The Morgan fingerprint density at radius 3 is 1.91 bits per heavy atom. The third kappa shape index (κ3) is 11.1. The Bertz CT molecular complexity index is 229. The fraction of sp³-hybridized carbons (Fsp3) is 1.00. The van der Waals surface area contributed by atoms with Gasteiger partial charge >= 0.3 is 0 Å². The van der Waals surface area contributed by atoms with E-state index in [-0.39, 0.29) is 0 Å². The van der Waals surface area contributed by atoms with Crippen molar-refractivity contribution in [1.82, 2.24) is 15.1 Å². The van der Waals surface area contributed by atoms with Crippen LogP contribution < -0.4 is 5.32 Å². The van der Waals surface area contributed by atoms with Crippen LogP contribution in [0.1, 0.15) is 86.0 Å². The zero-order valence-electron chi connectivity index (χ0n) is 16.9. The van der Waals surface area contributed by atoms with Gasteiger partial charge in [0.15, 0.2) is 0 Å². The zero-order chi connectivity index (χ0) is 17.3. The van der Waals surface area contributed by atoms with Gasteiger partial charge in [-0.3, -0.25) is 9.80 Å². The van der Waals surface area contributed by atoms with E-state index in [2.05, 4.69) is 49.7 Å². The van der Waals surface area contributed by atoms with Gasteiger partial charge < -0.3 is 5.32 Å². The van der Waals surface area contributed by atoms with Crippen molar-refractivity contribution in [3.05, 3.63) is 0 Å². The summed E-state index contributed by atoms with van der Waals surface area (Å²) in [5.41, 5.74) is 0. The van der Waals surface area contributed by atoms with Crippen molar-refractivity contribution in [2.24, 2.45) is 0 Å². The van der Waals surface area contributed by atoms with Crippen molar-refractivity contribution >= 4 is 0 Å². The third-order valence-electron chi connectivity index (χ3n) is 4.93. The lowest BCUT2D eigenvalue weighted by Crippen LogP contribution is -2.48. The molecule has 0 aliphatic heterocycles. The Morgan fingerprint density at radius 1 is 0.696 bits per heavy atom. The molecule has 0 rings (SSSR count). The van der Waals surface area contributed by atoms with Gasteiger partial charge in [0.05, 0.1) is 6.17 Å². The molecule has 1 N–H and O–H groups in total. The van der Waals surface area contributed by atoms with E-state index in [1.165, 1.54) is 84.1 Å². The summed E-state index contributed by atoms with van der Waals surface area (Å²) in [6.45, 7) is 18.5. The minimum Gasteiger partial charge on any atom is -0.317 e. The summed E-state index contributed by atoms with van der Waals surface area (Å²) in [5.74, 6) is 0. The first-order valence-corrected chi connectivity index (χ1v) is 10.4. The van der Waals surface area contributed by atoms with Crippen molar-refractivity contribution in [3.63, 3.8) is 0 Å². The molecule has 3 nitrogen and oxygen atoms in total. The molecule has 0 heterocycles. The van der Waals surface area contributed by atoms with E-state index < -0.39 is 0 Å². The summed E-state index contributed by atoms with van der Waals surface area (Å²) in [6, 6.07) is 0. The molecule has 23 heavy (non-hydrogen) atoms. The van der Waals surface area contributed by atoms with Crippen LogP contribution in [0.15, 0.2) is 0 Å². The fourth-order valence-electron chi connectivity index (χ4n) is 3.43. The molecule has 0 saturated heterocycles. The Labute approximate surface area is 147 Å². The van der Waals surface area contributed by atoms with Gasteiger partial charge in [0.1, 0.15) is 0 Å². The summed E-state index contributed by atoms with van der Waals surface area (Å²) in [5, 5.41) is 3.43. The van der Waals surface area contributed by atoms with Gasteiger partial charge in [-0.1, -0.05) is 66.7 Å². The van der Waals surface area contributed by atoms with Crippen LogP contribution in [0.5, 0.6) is 0 Å². The fourth-order valence-corrected chi connectivity index (χ4v) is 3.43. The molecule has 0 bridgehead atoms. The van der Waals surface area contributed by atoms with Gasteiger partial charge in [-0.25, -0.2) is 0 Å². The van der Waals surface area contributed by atoms with E-state index >= 15 is 0 Å². The maximum atomic E-state index is 3.43. The molecular weight excluding hydrogens is 282 g/mol. The average Bonchev–Trinajstić information content (AvgIpc) is 2.58. The molecule has 0 aromatic rings. The van der Waals surface area contributed by atoms with E-state index in [0.717, 1.165) is 6.54 Å². The van der Waals surface area contributed by atoms with Crippen LogP contribution in [0.3, 0.4) is 0 Å². The highest BCUT2D eigenvalue weighted by Gasteiger charge is 2.21. The largest absolute Gasteiger partial charge is 0.317 e. The Balaban J connectivity index is 4.33. The number of unbranched alkanes of at least 4 members (excludes halogenated alkanes) is 5. The third-order valence-corrected chi connectivity index (χ3v) is 4.93. The van der Waals surface area contributed by atoms with E-state index in [0.29, 0.717) is 6.17 Å². The smallest absolute Gasteiger partial charge is 0.0622 e. The van der Waals surface area contributed by atoms with Crippen LogP contribution in [0.4, 0.5) is 0 Å². The lowest BCUT2D eigenvalue weighted by molar-refractivity contribution is 0.0429. The van der Waals surface area contributed by atoms with Crippen molar-refractivity contribution in [2.75, 3.05) is 39.3 Å². The lowest BCUT2D eigenvalue weighted by Gasteiger charge is -2.39. The quantitative estimate of drug-likeness (QED) is 0.308. The van der Waals surface area contributed by atoms with Crippen LogP contribution in [-0.2, 0) is 0 Å². The predicted molar refractivity (Wildman–Crippen MR) is 105 cm³/mol. The summed E-state index contributed by atoms with van der Waals surface area (Å²) in [6.07, 6.45) is 11.5. The van der Waals surface area contributed by atoms with Crippen molar-refractivity contribution < 1.29 is 0 Å².